The van der Waals surface area contributed by atoms with Gasteiger partial charge in [0.2, 0.25) is 0 Å². The van der Waals surface area contributed by atoms with E-state index >= 15 is 0 Å². The lowest BCUT2D eigenvalue weighted by atomic mass is 10.2. The minimum absolute atomic E-state index is 0.527. The maximum absolute atomic E-state index is 5.54. The highest BCUT2D eigenvalue weighted by Gasteiger charge is 2.30. The Kier molecular flexibility index (Phi) is 4.58. The average Bonchev–Trinajstić information content (AvgIpc) is 3.22. The van der Waals surface area contributed by atoms with E-state index in [1.807, 2.05) is 11.3 Å². The zero-order valence-corrected chi connectivity index (χ0v) is 13.3. The van der Waals surface area contributed by atoms with Crippen LogP contribution in [0, 0.1) is 0 Å². The van der Waals surface area contributed by atoms with Crippen LogP contribution in [-0.4, -0.2) is 37.3 Å². The number of rotatable bonds is 5. The molecular formula is C15H25N3OS. The number of nitrogens with zero attached hydrogens (tertiary/aromatic N) is 2. The van der Waals surface area contributed by atoms with E-state index in [-0.39, 0.29) is 0 Å². The summed E-state index contributed by atoms with van der Waals surface area (Å²) in [5.74, 6) is 0.729. The van der Waals surface area contributed by atoms with Gasteiger partial charge in [-0.1, -0.05) is 13.8 Å². The Balaban J connectivity index is 1.75. The highest BCUT2D eigenvalue weighted by Crippen LogP contribution is 2.44. The summed E-state index contributed by atoms with van der Waals surface area (Å²) in [6, 6.07) is 0.527. The first kappa shape index (κ1) is 14.3. The molecule has 0 aromatic carbocycles. The first-order valence-corrected chi connectivity index (χ1v) is 8.61. The molecule has 2 fully saturated rings. The van der Waals surface area contributed by atoms with E-state index in [2.05, 4.69) is 24.1 Å². The summed E-state index contributed by atoms with van der Waals surface area (Å²) in [7, 11) is 0. The number of nitrogens with one attached hydrogen (secondary N) is 1. The van der Waals surface area contributed by atoms with Crippen LogP contribution < -0.4 is 10.2 Å². The van der Waals surface area contributed by atoms with Crippen molar-refractivity contribution in [3.8, 4) is 0 Å². The van der Waals surface area contributed by atoms with Gasteiger partial charge in [-0.05, 0) is 19.3 Å². The molecule has 20 heavy (non-hydrogen) atoms. The van der Waals surface area contributed by atoms with Gasteiger partial charge in [-0.25, -0.2) is 4.98 Å². The zero-order valence-electron chi connectivity index (χ0n) is 12.5. The van der Waals surface area contributed by atoms with Crippen molar-refractivity contribution in [2.45, 2.75) is 51.6 Å². The molecule has 1 aromatic rings. The molecule has 0 amide bonds. The van der Waals surface area contributed by atoms with Gasteiger partial charge >= 0.3 is 0 Å². The number of ether oxygens (including phenoxy) is 1. The van der Waals surface area contributed by atoms with Gasteiger partial charge in [-0.2, -0.15) is 0 Å². The van der Waals surface area contributed by atoms with Gasteiger partial charge in [0.15, 0.2) is 5.13 Å². The summed E-state index contributed by atoms with van der Waals surface area (Å²) in [5.41, 5.74) is 1.36. The molecule has 5 heteroatoms. The van der Waals surface area contributed by atoms with Crippen molar-refractivity contribution in [1.82, 2.24) is 10.3 Å². The first-order chi connectivity index (χ1) is 9.74. The molecule has 1 aliphatic carbocycles. The molecule has 1 N–H and O–H groups in total. The summed E-state index contributed by atoms with van der Waals surface area (Å²) in [6.07, 6.45) is 3.75. The standard InChI is InChI=1S/C15H25N3OS/c1-11(2)16-10-13-14(12-4-5-12)17-15(20-13)18-6-3-8-19-9-7-18/h11-12,16H,3-10H2,1-2H3. The van der Waals surface area contributed by atoms with E-state index in [4.69, 9.17) is 9.72 Å². The summed E-state index contributed by atoms with van der Waals surface area (Å²) in [5, 5.41) is 4.75. The summed E-state index contributed by atoms with van der Waals surface area (Å²) in [6.45, 7) is 9.14. The number of anilines is 1. The van der Waals surface area contributed by atoms with Crippen LogP contribution in [0.1, 0.15) is 49.6 Å². The van der Waals surface area contributed by atoms with Gasteiger partial charge in [-0.3, -0.25) is 0 Å². The Morgan fingerprint density at radius 2 is 2.20 bits per heavy atom. The second-order valence-electron chi connectivity index (χ2n) is 6.07. The minimum Gasteiger partial charge on any atom is -0.380 e. The molecule has 0 unspecified atom stereocenters. The van der Waals surface area contributed by atoms with Crippen LogP contribution in [0.25, 0.3) is 0 Å². The van der Waals surface area contributed by atoms with Crippen molar-refractivity contribution in [1.29, 1.82) is 0 Å². The molecule has 0 radical (unpaired) electrons. The molecule has 4 nitrogen and oxygen atoms in total. The smallest absolute Gasteiger partial charge is 0.185 e. The van der Waals surface area contributed by atoms with E-state index in [1.54, 1.807) is 0 Å². The first-order valence-electron chi connectivity index (χ1n) is 7.79. The normalized spacial score (nSPS) is 20.4. The van der Waals surface area contributed by atoms with Crippen molar-refractivity contribution < 1.29 is 4.74 Å². The topological polar surface area (TPSA) is 37.4 Å². The number of thiazole rings is 1. The van der Waals surface area contributed by atoms with Crippen molar-refractivity contribution in [3.05, 3.63) is 10.6 Å². The molecular weight excluding hydrogens is 270 g/mol. The third-order valence-electron chi connectivity index (χ3n) is 3.84. The molecule has 2 aliphatic rings. The highest BCUT2D eigenvalue weighted by atomic mass is 32.1. The Bertz CT molecular complexity index is 434. The van der Waals surface area contributed by atoms with Crippen LogP contribution in [0.3, 0.4) is 0 Å². The third kappa shape index (κ3) is 3.51. The lowest BCUT2D eigenvalue weighted by Crippen LogP contribution is -2.25. The summed E-state index contributed by atoms with van der Waals surface area (Å²) in [4.78, 5) is 8.82. The van der Waals surface area contributed by atoms with Crippen LogP contribution in [0.15, 0.2) is 0 Å². The Morgan fingerprint density at radius 3 is 2.95 bits per heavy atom. The molecule has 1 aliphatic heterocycles. The number of aromatic nitrogens is 1. The van der Waals surface area contributed by atoms with Crippen molar-refractivity contribution in [2.75, 3.05) is 31.2 Å². The lowest BCUT2D eigenvalue weighted by molar-refractivity contribution is 0.152. The van der Waals surface area contributed by atoms with Crippen molar-refractivity contribution in [2.24, 2.45) is 0 Å². The maximum Gasteiger partial charge on any atom is 0.185 e. The third-order valence-corrected chi connectivity index (χ3v) is 4.98. The molecule has 1 aromatic heterocycles. The molecule has 0 bridgehead atoms. The monoisotopic (exact) mass is 295 g/mol. The summed E-state index contributed by atoms with van der Waals surface area (Å²) >= 11 is 1.88. The quantitative estimate of drug-likeness (QED) is 0.906. The van der Waals surface area contributed by atoms with Crippen molar-refractivity contribution >= 4 is 16.5 Å². The maximum atomic E-state index is 5.54. The van der Waals surface area contributed by atoms with Crippen molar-refractivity contribution in [3.63, 3.8) is 0 Å². The highest BCUT2D eigenvalue weighted by molar-refractivity contribution is 7.15. The van der Waals surface area contributed by atoms with Crippen LogP contribution in [0.4, 0.5) is 5.13 Å². The summed E-state index contributed by atoms with van der Waals surface area (Å²) < 4.78 is 5.54. The van der Waals surface area contributed by atoms with Gasteiger partial charge in [0.1, 0.15) is 0 Å². The van der Waals surface area contributed by atoms with Gasteiger partial charge in [0.25, 0.3) is 0 Å². The minimum atomic E-state index is 0.527. The number of hydrogen-bond donors (Lipinski definition) is 1. The van der Waals surface area contributed by atoms with E-state index < -0.39 is 0 Å². The second-order valence-corrected chi connectivity index (χ2v) is 7.13. The van der Waals surface area contributed by atoms with Crippen LogP contribution in [-0.2, 0) is 11.3 Å². The molecule has 2 heterocycles. The van der Waals surface area contributed by atoms with Gasteiger partial charge in [0.05, 0.1) is 12.3 Å². The van der Waals surface area contributed by atoms with E-state index in [1.165, 1.54) is 28.5 Å². The SMILES string of the molecule is CC(C)NCc1sc(N2CCCOCC2)nc1C1CC1. The number of hydrogen-bond acceptors (Lipinski definition) is 5. The lowest BCUT2D eigenvalue weighted by Gasteiger charge is -2.17. The fraction of sp³-hybridized carbons (Fsp3) is 0.800. The molecule has 3 rings (SSSR count). The second kappa shape index (κ2) is 6.41. The molecule has 0 atom stereocenters. The Morgan fingerprint density at radius 1 is 1.35 bits per heavy atom. The Labute approximate surface area is 125 Å². The van der Waals surface area contributed by atoms with E-state index in [9.17, 15) is 0 Å². The van der Waals surface area contributed by atoms with Gasteiger partial charge in [-0.15, -0.1) is 11.3 Å². The predicted molar refractivity (Wildman–Crippen MR) is 83.7 cm³/mol. The predicted octanol–water partition coefficient (Wildman–Crippen LogP) is 2.75. The van der Waals surface area contributed by atoms with Gasteiger partial charge in [0, 0.05) is 43.1 Å². The Hall–Kier alpha value is -0.650. The largest absolute Gasteiger partial charge is 0.380 e. The average molecular weight is 295 g/mol. The van der Waals surface area contributed by atoms with Crippen LogP contribution in [0.5, 0.6) is 0 Å². The molecule has 112 valence electrons. The molecule has 1 saturated heterocycles. The van der Waals surface area contributed by atoms with E-state index in [0.29, 0.717) is 6.04 Å². The van der Waals surface area contributed by atoms with Gasteiger partial charge < -0.3 is 15.0 Å². The van der Waals surface area contributed by atoms with E-state index in [0.717, 1.165) is 45.2 Å². The van der Waals surface area contributed by atoms with Crippen LogP contribution >= 0.6 is 11.3 Å². The fourth-order valence-corrected chi connectivity index (χ4v) is 3.67. The van der Waals surface area contributed by atoms with Crippen LogP contribution in [0.2, 0.25) is 0 Å². The fourth-order valence-electron chi connectivity index (χ4n) is 2.52. The zero-order chi connectivity index (χ0) is 13.9. The molecule has 1 saturated carbocycles. The molecule has 0 spiro atoms.